The van der Waals surface area contributed by atoms with Gasteiger partial charge in [0.05, 0.1) is 18.2 Å². The number of likely N-dealkylation sites (N-methyl/N-ethyl adjacent to an activating group) is 1. The van der Waals surface area contributed by atoms with Crippen LogP contribution in [0.1, 0.15) is 12.0 Å². The molecule has 1 aliphatic heterocycles. The third kappa shape index (κ3) is 2.20. The van der Waals surface area contributed by atoms with Gasteiger partial charge in [0, 0.05) is 24.6 Å². The second-order valence-electron chi connectivity index (χ2n) is 5.09. The van der Waals surface area contributed by atoms with Crippen molar-refractivity contribution in [1.29, 1.82) is 5.41 Å². The normalized spacial score (nSPS) is 18.4. The summed E-state index contributed by atoms with van der Waals surface area (Å²) in [7, 11) is 2.01. The Hall–Kier alpha value is -2.14. The zero-order valence-corrected chi connectivity index (χ0v) is 11.5. The highest BCUT2D eigenvalue weighted by molar-refractivity contribution is 6.07. The second kappa shape index (κ2) is 5.09. The number of para-hydroxylation sites is 1. The Balaban J connectivity index is 2.09. The van der Waals surface area contributed by atoms with Crippen LogP contribution in [-0.2, 0) is 4.74 Å². The lowest BCUT2D eigenvalue weighted by Gasteiger charge is -2.25. The van der Waals surface area contributed by atoms with Crippen LogP contribution >= 0.6 is 0 Å². The molecular formula is C15H18N4O. The summed E-state index contributed by atoms with van der Waals surface area (Å²) in [5, 5.41) is 8.69. The maximum atomic E-state index is 7.77. The van der Waals surface area contributed by atoms with Gasteiger partial charge in [-0.1, -0.05) is 18.2 Å². The molecule has 3 rings (SSSR count). The smallest absolute Gasteiger partial charge is 0.130 e. The van der Waals surface area contributed by atoms with Gasteiger partial charge >= 0.3 is 0 Å². The van der Waals surface area contributed by atoms with Crippen LogP contribution in [0.15, 0.2) is 30.3 Å². The molecule has 1 aliphatic rings. The van der Waals surface area contributed by atoms with Crippen LogP contribution in [0.3, 0.4) is 0 Å². The van der Waals surface area contributed by atoms with Gasteiger partial charge < -0.3 is 15.4 Å². The van der Waals surface area contributed by atoms with E-state index in [0.29, 0.717) is 6.04 Å². The fourth-order valence-corrected chi connectivity index (χ4v) is 2.58. The zero-order valence-electron chi connectivity index (χ0n) is 11.5. The Labute approximate surface area is 117 Å². The number of fused-ring (bicyclic) bond motifs is 1. The molecule has 0 radical (unpaired) electrons. The van der Waals surface area contributed by atoms with E-state index in [1.54, 1.807) is 0 Å². The van der Waals surface area contributed by atoms with Gasteiger partial charge in [-0.2, -0.15) is 0 Å². The summed E-state index contributed by atoms with van der Waals surface area (Å²) < 4.78 is 5.43. The number of nitrogens with one attached hydrogen (secondary N) is 1. The lowest BCUT2D eigenvalue weighted by molar-refractivity contribution is 0.193. The number of rotatable bonds is 3. The summed E-state index contributed by atoms with van der Waals surface area (Å²) in [6, 6.07) is 10.0. The molecule has 1 unspecified atom stereocenters. The molecule has 1 aromatic carbocycles. The van der Waals surface area contributed by atoms with E-state index in [9.17, 15) is 0 Å². The molecule has 3 N–H and O–H groups in total. The van der Waals surface area contributed by atoms with Crippen molar-refractivity contribution >= 4 is 22.6 Å². The van der Waals surface area contributed by atoms with Crippen LogP contribution in [0.25, 0.3) is 10.9 Å². The number of hydrogen-bond donors (Lipinski definition) is 2. The summed E-state index contributed by atoms with van der Waals surface area (Å²) in [6.45, 7) is 1.52. The van der Waals surface area contributed by atoms with Gasteiger partial charge in [0.15, 0.2) is 0 Å². The van der Waals surface area contributed by atoms with Crippen molar-refractivity contribution in [1.82, 2.24) is 4.98 Å². The second-order valence-corrected chi connectivity index (χ2v) is 5.09. The van der Waals surface area contributed by atoms with Crippen LogP contribution < -0.4 is 10.6 Å². The first-order valence-electron chi connectivity index (χ1n) is 6.71. The molecule has 0 bridgehead atoms. The average molecular weight is 270 g/mol. The first-order chi connectivity index (χ1) is 9.66. The summed E-state index contributed by atoms with van der Waals surface area (Å²) in [5.41, 5.74) is 7.31. The van der Waals surface area contributed by atoms with Gasteiger partial charge in [-0.3, -0.25) is 5.41 Å². The lowest BCUT2D eigenvalue weighted by atomic mass is 10.1. The van der Waals surface area contributed by atoms with Crippen molar-refractivity contribution in [2.45, 2.75) is 12.5 Å². The highest BCUT2D eigenvalue weighted by Gasteiger charge is 2.22. The monoisotopic (exact) mass is 270 g/mol. The van der Waals surface area contributed by atoms with E-state index in [1.165, 1.54) is 0 Å². The molecule has 1 aromatic heterocycles. The SMILES string of the molecule is CN(c1cc(C(=N)N)c2ccccc2n1)C1CCOC1. The van der Waals surface area contributed by atoms with E-state index in [2.05, 4.69) is 9.88 Å². The van der Waals surface area contributed by atoms with Crippen LogP contribution in [0, 0.1) is 5.41 Å². The van der Waals surface area contributed by atoms with Crippen LogP contribution in [0.4, 0.5) is 5.82 Å². The highest BCUT2D eigenvalue weighted by Crippen LogP contribution is 2.24. The fourth-order valence-electron chi connectivity index (χ4n) is 2.58. The number of hydrogen-bond acceptors (Lipinski definition) is 4. The third-order valence-electron chi connectivity index (χ3n) is 3.81. The predicted molar refractivity (Wildman–Crippen MR) is 80.4 cm³/mol. The van der Waals surface area contributed by atoms with Crippen molar-refractivity contribution in [2.75, 3.05) is 25.2 Å². The van der Waals surface area contributed by atoms with Gasteiger partial charge in [-0.05, 0) is 18.6 Å². The number of amidine groups is 1. The number of aromatic nitrogens is 1. The number of anilines is 1. The Kier molecular flexibility index (Phi) is 3.28. The molecule has 0 saturated carbocycles. The fraction of sp³-hybridized carbons (Fsp3) is 0.333. The lowest BCUT2D eigenvalue weighted by Crippen LogP contribution is -2.32. The Morgan fingerprint density at radius 2 is 2.25 bits per heavy atom. The molecule has 1 fully saturated rings. The largest absolute Gasteiger partial charge is 0.384 e. The quantitative estimate of drug-likeness (QED) is 0.658. The number of benzene rings is 1. The molecule has 20 heavy (non-hydrogen) atoms. The van der Waals surface area contributed by atoms with Crippen molar-refractivity contribution < 1.29 is 4.74 Å². The van der Waals surface area contributed by atoms with Crippen molar-refractivity contribution in [3.63, 3.8) is 0 Å². The van der Waals surface area contributed by atoms with Gasteiger partial charge in [0.2, 0.25) is 0 Å². The standard InChI is InChI=1S/C15H18N4O/c1-19(10-6-7-20-9-10)14-8-12(15(16)17)11-4-2-3-5-13(11)18-14/h2-5,8,10H,6-7,9H2,1H3,(H3,16,17). The Morgan fingerprint density at radius 3 is 2.95 bits per heavy atom. The van der Waals surface area contributed by atoms with Crippen molar-refractivity contribution in [3.05, 3.63) is 35.9 Å². The molecular weight excluding hydrogens is 252 g/mol. The summed E-state index contributed by atoms with van der Waals surface area (Å²) >= 11 is 0. The van der Waals surface area contributed by atoms with Crippen LogP contribution in [-0.4, -0.2) is 37.1 Å². The van der Waals surface area contributed by atoms with Gasteiger partial charge in [0.1, 0.15) is 11.7 Å². The number of nitrogens with zero attached hydrogens (tertiary/aromatic N) is 2. The minimum absolute atomic E-state index is 0.0703. The summed E-state index contributed by atoms with van der Waals surface area (Å²) in [6.07, 6.45) is 1.00. The Bertz CT molecular complexity index is 649. The highest BCUT2D eigenvalue weighted by atomic mass is 16.5. The number of nitrogens with two attached hydrogens (primary N) is 1. The molecule has 0 spiro atoms. The van der Waals surface area contributed by atoms with E-state index in [0.717, 1.165) is 41.9 Å². The van der Waals surface area contributed by atoms with Crippen LogP contribution in [0.2, 0.25) is 0 Å². The first-order valence-corrected chi connectivity index (χ1v) is 6.71. The summed E-state index contributed by atoms with van der Waals surface area (Å²) in [5.74, 6) is 0.908. The molecule has 104 valence electrons. The average Bonchev–Trinajstić information content (AvgIpc) is 2.99. The molecule has 1 atom stereocenters. The molecule has 1 saturated heterocycles. The van der Waals surface area contributed by atoms with Gasteiger partial charge in [0.25, 0.3) is 0 Å². The maximum Gasteiger partial charge on any atom is 0.130 e. The molecule has 5 nitrogen and oxygen atoms in total. The number of pyridine rings is 1. The van der Waals surface area contributed by atoms with E-state index in [-0.39, 0.29) is 5.84 Å². The van der Waals surface area contributed by atoms with Crippen molar-refractivity contribution in [3.8, 4) is 0 Å². The maximum absolute atomic E-state index is 7.77. The molecule has 2 aromatic rings. The number of nitrogen functional groups attached to an aromatic ring is 1. The van der Waals surface area contributed by atoms with Crippen LogP contribution in [0.5, 0.6) is 0 Å². The van der Waals surface area contributed by atoms with E-state index in [1.807, 2.05) is 37.4 Å². The van der Waals surface area contributed by atoms with E-state index in [4.69, 9.17) is 15.9 Å². The summed E-state index contributed by atoms with van der Waals surface area (Å²) in [4.78, 5) is 6.80. The van der Waals surface area contributed by atoms with E-state index < -0.39 is 0 Å². The van der Waals surface area contributed by atoms with Crippen molar-refractivity contribution in [2.24, 2.45) is 5.73 Å². The van der Waals surface area contributed by atoms with E-state index >= 15 is 0 Å². The molecule has 5 heteroatoms. The zero-order chi connectivity index (χ0) is 14.1. The number of ether oxygens (including phenoxy) is 1. The molecule has 0 amide bonds. The Morgan fingerprint density at radius 1 is 1.45 bits per heavy atom. The molecule has 2 heterocycles. The predicted octanol–water partition coefficient (Wildman–Crippen LogP) is 1.74. The minimum Gasteiger partial charge on any atom is -0.384 e. The first kappa shape index (κ1) is 12.9. The minimum atomic E-state index is 0.0703. The van der Waals surface area contributed by atoms with Gasteiger partial charge in [-0.15, -0.1) is 0 Å². The third-order valence-corrected chi connectivity index (χ3v) is 3.81. The topological polar surface area (TPSA) is 75.2 Å². The van der Waals surface area contributed by atoms with Gasteiger partial charge in [-0.25, -0.2) is 4.98 Å². The molecule has 0 aliphatic carbocycles.